The summed E-state index contributed by atoms with van der Waals surface area (Å²) in [5, 5.41) is 9.36. The van der Waals surface area contributed by atoms with Gasteiger partial charge in [-0.3, -0.25) is 9.59 Å². The largest absolute Gasteiger partial charge is 0.481 e. The van der Waals surface area contributed by atoms with Gasteiger partial charge in [0.1, 0.15) is 0 Å². The standard InChI is InChI=1S/C13H22N2O4/c1-3-13(11(17)18)4-5-15(7-13)10(16)12(2)8-19-6-9(12)14/h9H,3-8,14H2,1-2H3,(H,17,18). The number of rotatable bonds is 3. The zero-order valence-corrected chi connectivity index (χ0v) is 11.5. The van der Waals surface area contributed by atoms with Gasteiger partial charge in [0.2, 0.25) is 5.91 Å². The third-order valence-corrected chi connectivity index (χ3v) is 4.78. The predicted molar refractivity (Wildman–Crippen MR) is 68.5 cm³/mol. The summed E-state index contributed by atoms with van der Waals surface area (Å²) in [6.07, 6.45) is 1.04. The fraction of sp³-hybridized carbons (Fsp3) is 0.846. The number of nitrogens with two attached hydrogens (primary N) is 1. The number of carboxylic acids is 1. The first-order valence-electron chi connectivity index (χ1n) is 6.72. The van der Waals surface area contributed by atoms with Crippen LogP contribution in [0.2, 0.25) is 0 Å². The Bertz CT molecular complexity index is 400. The van der Waals surface area contributed by atoms with Crippen molar-refractivity contribution < 1.29 is 19.4 Å². The lowest BCUT2D eigenvalue weighted by atomic mass is 9.83. The highest BCUT2D eigenvalue weighted by Crippen LogP contribution is 2.38. The smallest absolute Gasteiger partial charge is 0.311 e. The van der Waals surface area contributed by atoms with E-state index in [0.717, 1.165) is 0 Å². The van der Waals surface area contributed by atoms with Gasteiger partial charge in [0, 0.05) is 19.1 Å². The molecule has 0 radical (unpaired) electrons. The molecule has 0 bridgehead atoms. The maximum Gasteiger partial charge on any atom is 0.311 e. The summed E-state index contributed by atoms with van der Waals surface area (Å²) in [7, 11) is 0. The summed E-state index contributed by atoms with van der Waals surface area (Å²) in [4.78, 5) is 25.6. The Labute approximate surface area is 112 Å². The van der Waals surface area contributed by atoms with Crippen molar-refractivity contribution >= 4 is 11.9 Å². The van der Waals surface area contributed by atoms with E-state index < -0.39 is 16.8 Å². The minimum absolute atomic E-state index is 0.0749. The summed E-state index contributed by atoms with van der Waals surface area (Å²) in [6.45, 7) is 5.12. The average Bonchev–Trinajstić information content (AvgIpc) is 2.95. The van der Waals surface area contributed by atoms with Crippen molar-refractivity contribution in [1.82, 2.24) is 4.90 Å². The van der Waals surface area contributed by atoms with E-state index in [0.29, 0.717) is 32.6 Å². The highest BCUT2D eigenvalue weighted by molar-refractivity contribution is 5.85. The molecule has 19 heavy (non-hydrogen) atoms. The Balaban J connectivity index is 2.13. The van der Waals surface area contributed by atoms with Gasteiger partial charge in [-0.25, -0.2) is 0 Å². The van der Waals surface area contributed by atoms with E-state index in [1.807, 2.05) is 6.92 Å². The van der Waals surface area contributed by atoms with Gasteiger partial charge in [-0.1, -0.05) is 6.92 Å². The molecule has 2 fully saturated rings. The van der Waals surface area contributed by atoms with Crippen LogP contribution in [0.15, 0.2) is 0 Å². The highest BCUT2D eigenvalue weighted by atomic mass is 16.5. The quantitative estimate of drug-likeness (QED) is 0.756. The van der Waals surface area contributed by atoms with E-state index in [4.69, 9.17) is 10.5 Å². The summed E-state index contributed by atoms with van der Waals surface area (Å²) in [5.41, 5.74) is 4.44. The molecule has 2 saturated heterocycles. The monoisotopic (exact) mass is 270 g/mol. The van der Waals surface area contributed by atoms with Crippen molar-refractivity contribution in [3.63, 3.8) is 0 Å². The summed E-state index contributed by atoms with van der Waals surface area (Å²) in [5.74, 6) is -0.892. The van der Waals surface area contributed by atoms with Crippen LogP contribution in [0.25, 0.3) is 0 Å². The van der Waals surface area contributed by atoms with E-state index in [1.165, 1.54) is 0 Å². The van der Waals surface area contributed by atoms with Gasteiger partial charge in [-0.2, -0.15) is 0 Å². The Morgan fingerprint density at radius 1 is 1.53 bits per heavy atom. The van der Waals surface area contributed by atoms with E-state index in [1.54, 1.807) is 11.8 Å². The van der Waals surface area contributed by atoms with Crippen LogP contribution in [0.1, 0.15) is 26.7 Å². The lowest BCUT2D eigenvalue weighted by Crippen LogP contribution is -2.51. The molecule has 2 aliphatic heterocycles. The molecule has 2 aliphatic rings. The van der Waals surface area contributed by atoms with Crippen LogP contribution in [0.4, 0.5) is 0 Å². The molecule has 3 unspecified atom stereocenters. The molecule has 0 aromatic heterocycles. The molecule has 0 aromatic carbocycles. The molecular formula is C13H22N2O4. The van der Waals surface area contributed by atoms with Gasteiger partial charge >= 0.3 is 5.97 Å². The van der Waals surface area contributed by atoms with Crippen LogP contribution >= 0.6 is 0 Å². The van der Waals surface area contributed by atoms with Crippen molar-refractivity contribution in [1.29, 1.82) is 0 Å². The molecule has 3 N–H and O–H groups in total. The minimum Gasteiger partial charge on any atom is -0.481 e. The first-order valence-corrected chi connectivity index (χ1v) is 6.72. The van der Waals surface area contributed by atoms with Crippen LogP contribution in [0.3, 0.4) is 0 Å². The fourth-order valence-corrected chi connectivity index (χ4v) is 2.93. The van der Waals surface area contributed by atoms with E-state index >= 15 is 0 Å². The average molecular weight is 270 g/mol. The number of carbonyl (C=O) groups is 2. The lowest BCUT2D eigenvalue weighted by Gasteiger charge is -2.31. The molecule has 0 spiro atoms. The van der Waals surface area contributed by atoms with Gasteiger partial charge in [0.25, 0.3) is 0 Å². The van der Waals surface area contributed by atoms with Crippen LogP contribution in [-0.2, 0) is 14.3 Å². The maximum absolute atomic E-state index is 12.6. The van der Waals surface area contributed by atoms with Crippen molar-refractivity contribution in [2.24, 2.45) is 16.6 Å². The third kappa shape index (κ3) is 2.12. The molecule has 6 nitrogen and oxygen atoms in total. The number of carboxylic acid groups (broad SMARTS) is 1. The van der Waals surface area contributed by atoms with Gasteiger partial charge in [-0.15, -0.1) is 0 Å². The summed E-state index contributed by atoms with van der Waals surface area (Å²) in [6, 6.07) is -0.318. The number of hydrogen-bond acceptors (Lipinski definition) is 4. The van der Waals surface area contributed by atoms with Crippen molar-refractivity contribution in [2.45, 2.75) is 32.7 Å². The SMILES string of the molecule is CCC1(C(=O)O)CCN(C(=O)C2(C)COCC2N)C1. The molecule has 3 atom stereocenters. The number of likely N-dealkylation sites (tertiary alicyclic amines) is 1. The molecule has 2 heterocycles. The zero-order valence-electron chi connectivity index (χ0n) is 11.5. The molecule has 108 valence electrons. The van der Waals surface area contributed by atoms with E-state index in [9.17, 15) is 14.7 Å². The summed E-state index contributed by atoms with van der Waals surface area (Å²) < 4.78 is 5.29. The first kappa shape index (κ1) is 14.3. The van der Waals surface area contributed by atoms with Crippen molar-refractivity contribution in [3.05, 3.63) is 0 Å². The number of hydrogen-bond donors (Lipinski definition) is 2. The van der Waals surface area contributed by atoms with Gasteiger partial charge in [0.15, 0.2) is 0 Å². The van der Waals surface area contributed by atoms with Crippen LogP contribution in [-0.4, -0.2) is 54.2 Å². The molecule has 6 heteroatoms. The molecular weight excluding hydrogens is 248 g/mol. The number of nitrogens with zero attached hydrogens (tertiary/aromatic N) is 1. The van der Waals surface area contributed by atoms with Crippen molar-refractivity contribution in [2.75, 3.05) is 26.3 Å². The second-order valence-electron chi connectivity index (χ2n) is 5.95. The number of amides is 1. The fourth-order valence-electron chi connectivity index (χ4n) is 2.93. The Hall–Kier alpha value is -1.14. The number of ether oxygens (including phenoxy) is 1. The van der Waals surface area contributed by atoms with E-state index in [-0.39, 0.29) is 18.5 Å². The predicted octanol–water partition coefficient (Wildman–Crippen LogP) is 0.0635. The first-order chi connectivity index (χ1) is 8.85. The molecule has 1 amide bonds. The number of carbonyl (C=O) groups excluding carboxylic acids is 1. The molecule has 0 saturated carbocycles. The highest BCUT2D eigenvalue weighted by Gasteiger charge is 2.51. The minimum atomic E-state index is -0.817. The van der Waals surface area contributed by atoms with Gasteiger partial charge in [0.05, 0.1) is 24.0 Å². The lowest BCUT2D eigenvalue weighted by molar-refractivity contribution is -0.149. The van der Waals surface area contributed by atoms with Gasteiger partial charge in [-0.05, 0) is 19.8 Å². The maximum atomic E-state index is 12.6. The van der Waals surface area contributed by atoms with Crippen LogP contribution in [0, 0.1) is 10.8 Å². The number of aliphatic carboxylic acids is 1. The van der Waals surface area contributed by atoms with E-state index in [2.05, 4.69) is 0 Å². The van der Waals surface area contributed by atoms with Gasteiger partial charge < -0.3 is 20.5 Å². The Morgan fingerprint density at radius 3 is 2.63 bits per heavy atom. The van der Waals surface area contributed by atoms with Crippen LogP contribution < -0.4 is 5.73 Å². The molecule has 0 aliphatic carbocycles. The normalized spacial score (nSPS) is 38.7. The molecule has 2 rings (SSSR count). The summed E-state index contributed by atoms with van der Waals surface area (Å²) >= 11 is 0. The topological polar surface area (TPSA) is 92.9 Å². The zero-order chi connectivity index (χ0) is 14.3. The molecule has 0 aromatic rings. The second-order valence-corrected chi connectivity index (χ2v) is 5.95. The third-order valence-electron chi connectivity index (χ3n) is 4.78. The Kier molecular flexibility index (Phi) is 3.57. The van der Waals surface area contributed by atoms with Crippen molar-refractivity contribution in [3.8, 4) is 0 Å². The second kappa shape index (κ2) is 4.76. The van der Waals surface area contributed by atoms with Crippen LogP contribution in [0.5, 0.6) is 0 Å². The Morgan fingerprint density at radius 2 is 2.21 bits per heavy atom.